The summed E-state index contributed by atoms with van der Waals surface area (Å²) in [6, 6.07) is 11.9. The summed E-state index contributed by atoms with van der Waals surface area (Å²) < 4.78 is 0. The third-order valence-electron chi connectivity index (χ3n) is 3.05. The number of anilines is 2. The summed E-state index contributed by atoms with van der Waals surface area (Å²) in [6.07, 6.45) is 0. The number of hydrogen-bond donors (Lipinski definition) is 3. The number of aryl methyl sites for hydroxylation is 1. The van der Waals surface area contributed by atoms with Crippen molar-refractivity contribution in [3.05, 3.63) is 53.9 Å². The molecule has 0 atom stereocenters. The molecule has 1 aromatic carbocycles. The fraction of sp³-hybridized carbons (Fsp3) is 0.176. The van der Waals surface area contributed by atoms with Gasteiger partial charge in [0.2, 0.25) is 5.91 Å². The normalized spacial score (nSPS) is 9.92. The number of carbonyl (C=O) groups excluding carboxylic acids is 3. The first-order valence-corrected chi connectivity index (χ1v) is 7.33. The van der Waals surface area contributed by atoms with Gasteiger partial charge in [-0.3, -0.25) is 19.4 Å². The Morgan fingerprint density at radius 1 is 0.917 bits per heavy atom. The van der Waals surface area contributed by atoms with Gasteiger partial charge in [0.15, 0.2) is 0 Å². The van der Waals surface area contributed by atoms with Gasteiger partial charge in [-0.1, -0.05) is 6.07 Å². The van der Waals surface area contributed by atoms with Crippen LogP contribution in [0.2, 0.25) is 0 Å². The molecule has 0 bridgehead atoms. The first kappa shape index (κ1) is 17.1. The van der Waals surface area contributed by atoms with Crippen molar-refractivity contribution in [3.8, 4) is 0 Å². The third-order valence-corrected chi connectivity index (χ3v) is 3.05. The molecule has 2 rings (SSSR count). The third kappa shape index (κ3) is 5.20. The van der Waals surface area contributed by atoms with Crippen molar-refractivity contribution < 1.29 is 14.4 Å². The second-order valence-electron chi connectivity index (χ2n) is 5.17. The summed E-state index contributed by atoms with van der Waals surface area (Å²) >= 11 is 0. The van der Waals surface area contributed by atoms with Crippen molar-refractivity contribution in [2.75, 3.05) is 10.6 Å². The minimum atomic E-state index is -0.769. The second kappa shape index (κ2) is 7.87. The average molecular weight is 326 g/mol. The molecule has 1 aromatic heterocycles. The first-order valence-electron chi connectivity index (χ1n) is 7.33. The Hall–Kier alpha value is -3.22. The molecule has 3 amide bonds. The maximum absolute atomic E-state index is 11.9. The Morgan fingerprint density at radius 3 is 2.12 bits per heavy atom. The minimum absolute atomic E-state index is 0.176. The molecule has 0 aliphatic rings. The lowest BCUT2D eigenvalue weighted by Gasteiger charge is -2.08. The minimum Gasteiger partial charge on any atom is -0.342 e. The molecule has 0 aliphatic heterocycles. The summed E-state index contributed by atoms with van der Waals surface area (Å²) in [4.78, 5) is 38.8. The fourth-order valence-electron chi connectivity index (χ4n) is 1.98. The standard InChI is InChI=1S/C17H18N4O3/c1-11-4-3-5-15(19-11)10-18-16(23)17(24)21-14-8-6-13(7-9-14)20-12(2)22/h3-9H,10H2,1-2H3,(H,18,23)(H,20,22)(H,21,24). The molecule has 124 valence electrons. The molecular formula is C17H18N4O3. The molecule has 0 spiro atoms. The summed E-state index contributed by atoms with van der Waals surface area (Å²) in [5, 5.41) is 7.61. The van der Waals surface area contributed by atoms with Crippen LogP contribution in [0.3, 0.4) is 0 Å². The van der Waals surface area contributed by atoms with Gasteiger partial charge in [-0.15, -0.1) is 0 Å². The Balaban J connectivity index is 1.87. The highest BCUT2D eigenvalue weighted by Crippen LogP contribution is 2.13. The molecule has 24 heavy (non-hydrogen) atoms. The topological polar surface area (TPSA) is 100 Å². The zero-order chi connectivity index (χ0) is 17.5. The molecule has 0 saturated carbocycles. The molecule has 0 radical (unpaired) electrons. The zero-order valence-corrected chi connectivity index (χ0v) is 13.4. The number of benzene rings is 1. The van der Waals surface area contributed by atoms with Crippen molar-refractivity contribution in [2.45, 2.75) is 20.4 Å². The van der Waals surface area contributed by atoms with Gasteiger partial charge in [0.25, 0.3) is 0 Å². The van der Waals surface area contributed by atoms with Gasteiger partial charge >= 0.3 is 11.8 Å². The van der Waals surface area contributed by atoms with Gasteiger partial charge in [-0.2, -0.15) is 0 Å². The van der Waals surface area contributed by atoms with Crippen LogP contribution in [0.4, 0.5) is 11.4 Å². The maximum Gasteiger partial charge on any atom is 0.313 e. The molecule has 1 heterocycles. The van der Waals surface area contributed by atoms with Crippen molar-refractivity contribution in [1.29, 1.82) is 0 Å². The van der Waals surface area contributed by atoms with Crippen molar-refractivity contribution in [2.24, 2.45) is 0 Å². The van der Waals surface area contributed by atoms with E-state index in [0.29, 0.717) is 17.1 Å². The molecule has 0 fully saturated rings. The number of aromatic nitrogens is 1. The van der Waals surface area contributed by atoms with E-state index in [1.807, 2.05) is 19.1 Å². The molecule has 7 nitrogen and oxygen atoms in total. The van der Waals surface area contributed by atoms with Crippen LogP contribution in [0.15, 0.2) is 42.5 Å². The number of rotatable bonds is 4. The Morgan fingerprint density at radius 2 is 1.54 bits per heavy atom. The van der Waals surface area contributed by atoms with E-state index in [2.05, 4.69) is 20.9 Å². The van der Waals surface area contributed by atoms with Crippen LogP contribution in [-0.2, 0) is 20.9 Å². The predicted octanol–water partition coefficient (Wildman–Crippen LogP) is 1.60. The summed E-state index contributed by atoms with van der Waals surface area (Å²) in [6.45, 7) is 3.43. The SMILES string of the molecule is CC(=O)Nc1ccc(NC(=O)C(=O)NCc2cccc(C)n2)cc1. The van der Waals surface area contributed by atoms with Crippen LogP contribution in [0.1, 0.15) is 18.3 Å². The Kier molecular flexibility index (Phi) is 5.62. The van der Waals surface area contributed by atoms with Crippen LogP contribution < -0.4 is 16.0 Å². The van der Waals surface area contributed by atoms with Gasteiger partial charge < -0.3 is 16.0 Å². The number of nitrogens with one attached hydrogen (secondary N) is 3. The van der Waals surface area contributed by atoms with Gasteiger partial charge in [-0.05, 0) is 43.3 Å². The van der Waals surface area contributed by atoms with Crippen LogP contribution in [0, 0.1) is 6.92 Å². The number of carbonyl (C=O) groups is 3. The van der Waals surface area contributed by atoms with Crippen LogP contribution in [0.25, 0.3) is 0 Å². The number of pyridine rings is 1. The number of hydrogen-bond acceptors (Lipinski definition) is 4. The largest absolute Gasteiger partial charge is 0.342 e. The fourth-order valence-corrected chi connectivity index (χ4v) is 1.98. The average Bonchev–Trinajstić information content (AvgIpc) is 2.54. The van der Waals surface area contributed by atoms with E-state index in [9.17, 15) is 14.4 Å². The van der Waals surface area contributed by atoms with Gasteiger partial charge in [0.1, 0.15) is 0 Å². The van der Waals surface area contributed by atoms with Crippen molar-refractivity contribution in [3.63, 3.8) is 0 Å². The first-order chi connectivity index (χ1) is 11.4. The van der Waals surface area contributed by atoms with E-state index in [0.717, 1.165) is 5.69 Å². The predicted molar refractivity (Wildman–Crippen MR) is 90.2 cm³/mol. The molecule has 3 N–H and O–H groups in total. The van der Waals surface area contributed by atoms with Crippen LogP contribution in [0.5, 0.6) is 0 Å². The zero-order valence-electron chi connectivity index (χ0n) is 13.4. The quantitative estimate of drug-likeness (QED) is 0.743. The molecule has 7 heteroatoms. The molecule has 0 aliphatic carbocycles. The number of amides is 3. The molecule has 0 saturated heterocycles. The van der Waals surface area contributed by atoms with E-state index < -0.39 is 11.8 Å². The van der Waals surface area contributed by atoms with Crippen molar-refractivity contribution in [1.82, 2.24) is 10.3 Å². The van der Waals surface area contributed by atoms with Crippen molar-refractivity contribution >= 4 is 29.1 Å². The lowest BCUT2D eigenvalue weighted by Crippen LogP contribution is -2.35. The van der Waals surface area contributed by atoms with Gasteiger partial charge in [0.05, 0.1) is 12.2 Å². The van der Waals surface area contributed by atoms with E-state index in [1.54, 1.807) is 30.3 Å². The number of nitrogens with zero attached hydrogens (tertiary/aromatic N) is 1. The lowest BCUT2D eigenvalue weighted by molar-refractivity contribution is -0.136. The summed E-state index contributed by atoms with van der Waals surface area (Å²) in [5.74, 6) is -1.70. The van der Waals surface area contributed by atoms with Gasteiger partial charge in [0, 0.05) is 24.0 Å². The molecule has 0 unspecified atom stereocenters. The van der Waals surface area contributed by atoms with E-state index in [-0.39, 0.29) is 12.5 Å². The monoisotopic (exact) mass is 326 g/mol. The van der Waals surface area contributed by atoms with E-state index >= 15 is 0 Å². The van der Waals surface area contributed by atoms with E-state index in [1.165, 1.54) is 6.92 Å². The Labute approximate surface area is 139 Å². The summed E-state index contributed by atoms with van der Waals surface area (Å²) in [7, 11) is 0. The van der Waals surface area contributed by atoms with Crippen LogP contribution in [-0.4, -0.2) is 22.7 Å². The Bertz CT molecular complexity index is 757. The van der Waals surface area contributed by atoms with Crippen LogP contribution >= 0.6 is 0 Å². The summed E-state index contributed by atoms with van der Waals surface area (Å²) in [5.41, 5.74) is 2.58. The second-order valence-corrected chi connectivity index (χ2v) is 5.17. The smallest absolute Gasteiger partial charge is 0.313 e. The molecule has 2 aromatic rings. The van der Waals surface area contributed by atoms with E-state index in [4.69, 9.17) is 0 Å². The highest BCUT2D eigenvalue weighted by Gasteiger charge is 2.13. The lowest BCUT2D eigenvalue weighted by atomic mass is 10.2. The maximum atomic E-state index is 11.9. The highest BCUT2D eigenvalue weighted by molar-refractivity contribution is 6.39. The van der Waals surface area contributed by atoms with Gasteiger partial charge in [-0.25, -0.2) is 0 Å². The highest BCUT2D eigenvalue weighted by atomic mass is 16.2. The molecular weight excluding hydrogens is 308 g/mol.